The fourth-order valence-corrected chi connectivity index (χ4v) is 2.80. The Bertz CT molecular complexity index is 695. The molecule has 1 heterocycles. The van der Waals surface area contributed by atoms with Crippen molar-refractivity contribution in [3.8, 4) is 0 Å². The third-order valence-corrected chi connectivity index (χ3v) is 4.38. The molecular weight excluding hydrogens is 339 g/mol. The quantitative estimate of drug-likeness (QED) is 0.858. The zero-order valence-corrected chi connectivity index (χ0v) is 14.0. The molecule has 0 aliphatic carbocycles. The highest BCUT2D eigenvalue weighted by Crippen LogP contribution is 2.30. The minimum Gasteiger partial charge on any atom is -0.320 e. The zero-order valence-electron chi connectivity index (χ0n) is 13.2. The molecule has 1 amide bonds. The smallest absolute Gasteiger partial charge is 0.320 e. The van der Waals surface area contributed by atoms with Gasteiger partial charge in [-0.1, -0.05) is 26.0 Å². The van der Waals surface area contributed by atoms with Gasteiger partial charge in [-0.05, 0) is 23.6 Å². The molecule has 2 rings (SSSR count). The number of thiazole rings is 1. The highest BCUT2D eigenvalue weighted by atomic mass is 32.1. The number of rotatable bonds is 5. The zero-order chi connectivity index (χ0) is 17.9. The van der Waals surface area contributed by atoms with Crippen LogP contribution >= 0.6 is 11.3 Å². The summed E-state index contributed by atoms with van der Waals surface area (Å²) in [5.74, 6) is -0.294. The number of hydrogen-bond acceptors (Lipinski definition) is 4. The maximum atomic E-state index is 12.5. The topological polar surface area (TPSA) is 68.0 Å². The van der Waals surface area contributed by atoms with E-state index in [1.807, 2.05) is 13.8 Å². The molecule has 0 fully saturated rings. The van der Waals surface area contributed by atoms with Crippen molar-refractivity contribution in [3.63, 3.8) is 0 Å². The Morgan fingerprint density at radius 3 is 2.46 bits per heavy atom. The number of nitrogens with zero attached hydrogens (tertiary/aromatic N) is 1. The predicted molar refractivity (Wildman–Crippen MR) is 87.8 cm³/mol. The molecule has 2 aromatic rings. The van der Waals surface area contributed by atoms with Crippen LogP contribution in [-0.2, 0) is 17.4 Å². The van der Waals surface area contributed by atoms with Crippen LogP contribution < -0.4 is 11.1 Å². The third-order valence-electron chi connectivity index (χ3n) is 3.46. The third kappa shape index (κ3) is 4.78. The van der Waals surface area contributed by atoms with Gasteiger partial charge in [-0.2, -0.15) is 13.2 Å². The largest absolute Gasteiger partial charge is 0.416 e. The van der Waals surface area contributed by atoms with Crippen molar-refractivity contribution in [3.05, 3.63) is 46.5 Å². The molecule has 3 N–H and O–H groups in total. The second-order valence-electron chi connectivity index (χ2n) is 5.76. The van der Waals surface area contributed by atoms with Gasteiger partial charge in [0.25, 0.3) is 0 Å². The molecule has 4 nitrogen and oxygen atoms in total. The van der Waals surface area contributed by atoms with E-state index in [4.69, 9.17) is 5.73 Å². The number of carbonyl (C=O) groups excluding carboxylic acids is 1. The van der Waals surface area contributed by atoms with E-state index in [-0.39, 0.29) is 11.8 Å². The Hall–Kier alpha value is -1.93. The van der Waals surface area contributed by atoms with Crippen LogP contribution in [0.2, 0.25) is 0 Å². The number of hydrogen-bond donors (Lipinski definition) is 2. The first-order valence-corrected chi connectivity index (χ1v) is 8.15. The van der Waals surface area contributed by atoms with Crippen LogP contribution in [0.3, 0.4) is 0 Å². The van der Waals surface area contributed by atoms with Crippen molar-refractivity contribution < 1.29 is 18.0 Å². The van der Waals surface area contributed by atoms with Gasteiger partial charge in [0.15, 0.2) is 5.13 Å². The predicted octanol–water partition coefficient (Wildman–Crippen LogP) is 3.67. The van der Waals surface area contributed by atoms with Gasteiger partial charge in [0, 0.05) is 17.5 Å². The average Bonchev–Trinajstić information content (AvgIpc) is 2.93. The molecule has 0 unspecified atom stereocenters. The maximum absolute atomic E-state index is 12.5. The number of anilines is 1. The van der Waals surface area contributed by atoms with Gasteiger partial charge in [-0.15, -0.1) is 11.3 Å². The Labute approximate surface area is 141 Å². The molecule has 1 aromatic carbocycles. The van der Waals surface area contributed by atoms with E-state index in [0.29, 0.717) is 11.6 Å². The summed E-state index contributed by atoms with van der Waals surface area (Å²) in [6.45, 7) is 3.70. The van der Waals surface area contributed by atoms with Crippen LogP contribution in [0.5, 0.6) is 0 Å². The molecular formula is C16H18F3N3OS. The Morgan fingerprint density at radius 1 is 1.29 bits per heavy atom. The average molecular weight is 357 g/mol. The lowest BCUT2D eigenvalue weighted by Gasteiger charge is -2.13. The first kappa shape index (κ1) is 18.4. The van der Waals surface area contributed by atoms with Crippen molar-refractivity contribution in [2.45, 2.75) is 32.5 Å². The minimum absolute atomic E-state index is 0.0107. The summed E-state index contributed by atoms with van der Waals surface area (Å²) in [5.41, 5.74) is 5.82. The first-order valence-electron chi connectivity index (χ1n) is 7.34. The Balaban J connectivity index is 2.00. The summed E-state index contributed by atoms with van der Waals surface area (Å²) in [5, 5.41) is 3.08. The van der Waals surface area contributed by atoms with Crippen LogP contribution in [-0.4, -0.2) is 16.9 Å². The second-order valence-corrected chi connectivity index (χ2v) is 6.88. The number of carbonyl (C=O) groups is 1. The monoisotopic (exact) mass is 357 g/mol. The van der Waals surface area contributed by atoms with Crippen LogP contribution in [0.4, 0.5) is 18.3 Å². The molecule has 0 saturated carbocycles. The van der Waals surface area contributed by atoms with Crippen LogP contribution in [0, 0.1) is 5.92 Å². The standard InChI is InChI=1S/C16H18F3N3OS/c1-9(2)13(20)14(23)22-15-21-8-12(24-15)7-10-3-5-11(6-4-10)16(17,18)19/h3-6,8-9,13H,7,20H2,1-2H3,(H,21,22,23)/t13-/m0/s1. The number of benzene rings is 1. The van der Waals surface area contributed by atoms with Crippen molar-refractivity contribution >= 4 is 22.4 Å². The van der Waals surface area contributed by atoms with Crippen LogP contribution in [0.1, 0.15) is 29.9 Å². The molecule has 8 heteroatoms. The molecule has 0 radical (unpaired) electrons. The fraction of sp³-hybridized carbons (Fsp3) is 0.375. The fourth-order valence-electron chi connectivity index (χ4n) is 1.95. The molecule has 0 aliphatic heterocycles. The summed E-state index contributed by atoms with van der Waals surface area (Å²) >= 11 is 1.27. The van der Waals surface area contributed by atoms with Gasteiger partial charge in [0.05, 0.1) is 11.6 Å². The molecule has 24 heavy (non-hydrogen) atoms. The molecule has 0 spiro atoms. The summed E-state index contributed by atoms with van der Waals surface area (Å²) in [6.07, 6.45) is -2.30. The van der Waals surface area contributed by atoms with E-state index in [9.17, 15) is 18.0 Å². The van der Waals surface area contributed by atoms with Crippen molar-refractivity contribution in [2.24, 2.45) is 11.7 Å². The lowest BCUT2D eigenvalue weighted by molar-refractivity contribution is -0.137. The minimum atomic E-state index is -4.34. The molecule has 1 atom stereocenters. The van der Waals surface area contributed by atoms with Crippen molar-refractivity contribution in [1.82, 2.24) is 4.98 Å². The summed E-state index contributed by atoms with van der Waals surface area (Å²) in [6, 6.07) is 4.37. The Kier molecular flexibility index (Phi) is 5.61. The van der Waals surface area contributed by atoms with Gasteiger partial charge in [0.1, 0.15) is 0 Å². The normalized spacial score (nSPS) is 13.1. The SMILES string of the molecule is CC(C)[C@H](N)C(=O)Nc1ncc(Cc2ccc(C(F)(F)F)cc2)s1. The number of nitrogens with one attached hydrogen (secondary N) is 1. The van der Waals surface area contributed by atoms with Crippen molar-refractivity contribution in [2.75, 3.05) is 5.32 Å². The summed E-state index contributed by atoms with van der Waals surface area (Å²) < 4.78 is 37.6. The summed E-state index contributed by atoms with van der Waals surface area (Å²) in [7, 11) is 0. The van der Waals surface area contributed by atoms with E-state index in [2.05, 4.69) is 10.3 Å². The highest BCUT2D eigenvalue weighted by molar-refractivity contribution is 7.15. The van der Waals surface area contributed by atoms with Gasteiger partial charge < -0.3 is 11.1 Å². The molecule has 0 aliphatic rings. The van der Waals surface area contributed by atoms with E-state index < -0.39 is 17.8 Å². The van der Waals surface area contributed by atoms with Gasteiger partial charge in [0.2, 0.25) is 5.91 Å². The van der Waals surface area contributed by atoms with Gasteiger partial charge in [-0.3, -0.25) is 4.79 Å². The Morgan fingerprint density at radius 2 is 1.92 bits per heavy atom. The highest BCUT2D eigenvalue weighted by Gasteiger charge is 2.29. The number of halogens is 3. The van der Waals surface area contributed by atoms with Crippen molar-refractivity contribution in [1.29, 1.82) is 0 Å². The van der Waals surface area contributed by atoms with Gasteiger partial charge in [-0.25, -0.2) is 4.98 Å². The maximum Gasteiger partial charge on any atom is 0.416 e. The van der Waals surface area contributed by atoms with E-state index in [0.717, 1.165) is 22.6 Å². The molecule has 0 saturated heterocycles. The lowest BCUT2D eigenvalue weighted by atomic mass is 10.1. The molecule has 0 bridgehead atoms. The van der Waals surface area contributed by atoms with E-state index >= 15 is 0 Å². The number of amides is 1. The second kappa shape index (κ2) is 7.31. The van der Waals surface area contributed by atoms with Crippen LogP contribution in [0.15, 0.2) is 30.5 Å². The molecule has 130 valence electrons. The molecule has 1 aromatic heterocycles. The number of nitrogens with two attached hydrogens (primary N) is 1. The number of alkyl halides is 3. The number of aromatic nitrogens is 1. The van der Waals surface area contributed by atoms with Crippen LogP contribution in [0.25, 0.3) is 0 Å². The van der Waals surface area contributed by atoms with E-state index in [1.54, 1.807) is 6.20 Å². The van der Waals surface area contributed by atoms with E-state index in [1.165, 1.54) is 23.5 Å². The summed E-state index contributed by atoms with van der Waals surface area (Å²) in [4.78, 5) is 16.8. The first-order chi connectivity index (χ1) is 11.2. The van der Waals surface area contributed by atoms with Gasteiger partial charge >= 0.3 is 6.18 Å². The lowest BCUT2D eigenvalue weighted by Crippen LogP contribution is -2.39.